The number of benzene rings is 1. The number of ether oxygens (including phenoxy) is 3. The van der Waals surface area contributed by atoms with Gasteiger partial charge in [0.15, 0.2) is 23.1 Å². The van der Waals surface area contributed by atoms with Gasteiger partial charge in [-0.1, -0.05) is 0 Å². The Labute approximate surface area is 151 Å². The van der Waals surface area contributed by atoms with E-state index in [4.69, 9.17) is 14.2 Å². The van der Waals surface area contributed by atoms with Crippen molar-refractivity contribution in [3.63, 3.8) is 0 Å². The third kappa shape index (κ3) is 4.40. The molecule has 0 spiro atoms. The summed E-state index contributed by atoms with van der Waals surface area (Å²) in [4.78, 5) is 12.2. The van der Waals surface area contributed by atoms with Crippen LogP contribution in [0.5, 0.6) is 11.5 Å². The Morgan fingerprint density at radius 1 is 1.04 bits per heavy atom. The molecule has 2 N–H and O–H groups in total. The average molecular weight is 358 g/mol. The molecule has 2 heterocycles. The minimum atomic E-state index is -0.0387. The van der Waals surface area contributed by atoms with Gasteiger partial charge in [0.1, 0.15) is 0 Å². The molecular weight excluding hydrogens is 336 g/mol. The molecule has 8 heteroatoms. The summed E-state index contributed by atoms with van der Waals surface area (Å²) in [6.07, 6.45) is 1.47. The van der Waals surface area contributed by atoms with Gasteiger partial charge in [-0.25, -0.2) is 0 Å². The molecule has 0 unspecified atom stereocenters. The molecule has 1 fully saturated rings. The highest BCUT2D eigenvalue weighted by Gasteiger charge is 2.21. The molecule has 0 radical (unpaired) electrons. The maximum Gasteiger partial charge on any atom is 0.228 e. The first-order valence-corrected chi connectivity index (χ1v) is 8.41. The lowest BCUT2D eigenvalue weighted by Gasteiger charge is -2.20. The minimum Gasteiger partial charge on any atom is -0.493 e. The zero-order valence-corrected chi connectivity index (χ0v) is 14.8. The van der Waals surface area contributed by atoms with Gasteiger partial charge in [0, 0.05) is 30.9 Å². The lowest BCUT2D eigenvalue weighted by molar-refractivity contribution is -0.122. The van der Waals surface area contributed by atoms with Crippen LogP contribution >= 0.6 is 0 Å². The largest absolute Gasteiger partial charge is 0.493 e. The molecule has 1 amide bonds. The number of rotatable bonds is 6. The summed E-state index contributed by atoms with van der Waals surface area (Å²) in [5.41, 5.74) is 0.788. The van der Waals surface area contributed by atoms with Crippen molar-refractivity contribution in [1.82, 2.24) is 10.2 Å². The standard InChI is InChI=1S/C18H22N4O4/c1-24-14-4-3-13(11-15(14)25-2)19-16-5-6-17(22-21-16)20-18(23)12-7-9-26-10-8-12/h3-6,11-12H,7-10H2,1-2H3,(H,19,21)(H,20,22,23). The van der Waals surface area contributed by atoms with Crippen LogP contribution in [0.15, 0.2) is 30.3 Å². The Hall–Kier alpha value is -2.87. The van der Waals surface area contributed by atoms with E-state index in [1.165, 1.54) is 0 Å². The van der Waals surface area contributed by atoms with Crippen LogP contribution in [0.25, 0.3) is 0 Å². The molecular formula is C18H22N4O4. The Bertz CT molecular complexity index is 745. The molecule has 26 heavy (non-hydrogen) atoms. The highest BCUT2D eigenvalue weighted by molar-refractivity contribution is 5.91. The van der Waals surface area contributed by atoms with E-state index in [1.54, 1.807) is 38.5 Å². The van der Waals surface area contributed by atoms with Gasteiger partial charge in [0.25, 0.3) is 0 Å². The maximum absolute atomic E-state index is 12.2. The molecule has 1 aromatic carbocycles. The second-order valence-corrected chi connectivity index (χ2v) is 5.87. The van der Waals surface area contributed by atoms with Crippen molar-refractivity contribution in [3.8, 4) is 11.5 Å². The van der Waals surface area contributed by atoms with E-state index in [0.29, 0.717) is 36.3 Å². The third-order valence-electron chi connectivity index (χ3n) is 4.16. The lowest BCUT2D eigenvalue weighted by Crippen LogP contribution is -2.28. The van der Waals surface area contributed by atoms with Gasteiger partial charge < -0.3 is 24.8 Å². The molecule has 1 aromatic heterocycles. The number of anilines is 3. The molecule has 1 saturated heterocycles. The Kier molecular flexibility index (Phi) is 5.85. The molecule has 8 nitrogen and oxygen atoms in total. The van der Waals surface area contributed by atoms with Gasteiger partial charge in [-0.05, 0) is 37.1 Å². The van der Waals surface area contributed by atoms with Crippen LogP contribution in [0.2, 0.25) is 0 Å². The first kappa shape index (κ1) is 17.9. The van der Waals surface area contributed by atoms with Crippen LogP contribution in [-0.4, -0.2) is 43.5 Å². The summed E-state index contributed by atoms with van der Waals surface area (Å²) in [6, 6.07) is 8.93. The zero-order chi connectivity index (χ0) is 18.4. The molecule has 0 bridgehead atoms. The SMILES string of the molecule is COc1ccc(Nc2ccc(NC(=O)C3CCOCC3)nn2)cc1OC. The minimum absolute atomic E-state index is 0.0323. The molecule has 2 aromatic rings. The van der Waals surface area contributed by atoms with Crippen LogP contribution in [0.4, 0.5) is 17.3 Å². The number of carbonyl (C=O) groups is 1. The number of amides is 1. The van der Waals surface area contributed by atoms with Gasteiger partial charge in [0.05, 0.1) is 14.2 Å². The van der Waals surface area contributed by atoms with Crippen molar-refractivity contribution in [2.45, 2.75) is 12.8 Å². The van der Waals surface area contributed by atoms with Gasteiger partial charge in [-0.2, -0.15) is 0 Å². The lowest BCUT2D eigenvalue weighted by atomic mass is 9.99. The van der Waals surface area contributed by atoms with Gasteiger partial charge in [-0.15, -0.1) is 10.2 Å². The number of aromatic nitrogens is 2. The van der Waals surface area contributed by atoms with Crippen molar-refractivity contribution in [1.29, 1.82) is 0 Å². The quantitative estimate of drug-likeness (QED) is 0.819. The molecule has 0 saturated carbocycles. The van der Waals surface area contributed by atoms with E-state index >= 15 is 0 Å². The normalized spacial score (nSPS) is 14.5. The number of nitrogens with zero attached hydrogens (tertiary/aromatic N) is 2. The van der Waals surface area contributed by atoms with Crippen molar-refractivity contribution in [3.05, 3.63) is 30.3 Å². The zero-order valence-electron chi connectivity index (χ0n) is 14.8. The maximum atomic E-state index is 12.2. The molecule has 138 valence electrons. The van der Waals surface area contributed by atoms with E-state index in [-0.39, 0.29) is 11.8 Å². The van der Waals surface area contributed by atoms with Crippen LogP contribution < -0.4 is 20.1 Å². The summed E-state index contributed by atoms with van der Waals surface area (Å²) in [5, 5.41) is 14.1. The van der Waals surface area contributed by atoms with E-state index in [1.807, 2.05) is 6.07 Å². The predicted octanol–water partition coefficient (Wildman–Crippen LogP) is 2.60. The van der Waals surface area contributed by atoms with E-state index in [2.05, 4.69) is 20.8 Å². The van der Waals surface area contributed by atoms with Crippen molar-refractivity contribution in [2.75, 3.05) is 38.1 Å². The fourth-order valence-electron chi connectivity index (χ4n) is 2.72. The first-order valence-electron chi connectivity index (χ1n) is 8.41. The third-order valence-corrected chi connectivity index (χ3v) is 4.16. The first-order chi connectivity index (χ1) is 12.7. The summed E-state index contributed by atoms with van der Waals surface area (Å²) < 4.78 is 15.8. The topological polar surface area (TPSA) is 94.6 Å². The number of nitrogens with one attached hydrogen (secondary N) is 2. The number of hydrogen-bond donors (Lipinski definition) is 2. The smallest absolute Gasteiger partial charge is 0.228 e. The van der Waals surface area contributed by atoms with Gasteiger partial charge >= 0.3 is 0 Å². The van der Waals surface area contributed by atoms with Crippen LogP contribution in [0.3, 0.4) is 0 Å². The van der Waals surface area contributed by atoms with Crippen LogP contribution in [0.1, 0.15) is 12.8 Å². The van der Waals surface area contributed by atoms with Crippen molar-refractivity contribution >= 4 is 23.2 Å². The molecule has 3 rings (SSSR count). The molecule has 1 aliphatic heterocycles. The fraction of sp³-hybridized carbons (Fsp3) is 0.389. The predicted molar refractivity (Wildman–Crippen MR) is 97.0 cm³/mol. The summed E-state index contributed by atoms with van der Waals surface area (Å²) in [6.45, 7) is 1.25. The molecule has 1 aliphatic rings. The van der Waals surface area contributed by atoms with E-state index < -0.39 is 0 Å². The highest BCUT2D eigenvalue weighted by atomic mass is 16.5. The molecule has 0 atom stereocenters. The van der Waals surface area contributed by atoms with Gasteiger partial charge in [0.2, 0.25) is 5.91 Å². The van der Waals surface area contributed by atoms with Crippen molar-refractivity contribution in [2.24, 2.45) is 5.92 Å². The highest BCUT2D eigenvalue weighted by Crippen LogP contribution is 2.30. The molecule has 0 aliphatic carbocycles. The van der Waals surface area contributed by atoms with E-state index in [0.717, 1.165) is 18.5 Å². The van der Waals surface area contributed by atoms with Crippen LogP contribution in [0, 0.1) is 5.92 Å². The Morgan fingerprint density at radius 3 is 2.38 bits per heavy atom. The summed E-state index contributed by atoms with van der Waals surface area (Å²) in [5.74, 6) is 2.18. The van der Waals surface area contributed by atoms with Gasteiger partial charge in [-0.3, -0.25) is 4.79 Å². The summed E-state index contributed by atoms with van der Waals surface area (Å²) >= 11 is 0. The number of methoxy groups -OCH3 is 2. The summed E-state index contributed by atoms with van der Waals surface area (Å²) in [7, 11) is 3.17. The van der Waals surface area contributed by atoms with Crippen LogP contribution in [-0.2, 0) is 9.53 Å². The Morgan fingerprint density at radius 2 is 1.73 bits per heavy atom. The van der Waals surface area contributed by atoms with E-state index in [9.17, 15) is 4.79 Å². The average Bonchev–Trinajstić information content (AvgIpc) is 2.70. The fourth-order valence-corrected chi connectivity index (χ4v) is 2.72. The van der Waals surface area contributed by atoms with Crippen molar-refractivity contribution < 1.29 is 19.0 Å². The number of hydrogen-bond acceptors (Lipinski definition) is 7. The second kappa shape index (κ2) is 8.48. The monoisotopic (exact) mass is 358 g/mol. The number of carbonyl (C=O) groups excluding carboxylic acids is 1. The second-order valence-electron chi connectivity index (χ2n) is 5.87. The Balaban J connectivity index is 1.61.